The fourth-order valence-corrected chi connectivity index (χ4v) is 3.77. The molecule has 1 fully saturated rings. The number of carbonyl (C=O) groups is 1. The van der Waals surface area contributed by atoms with Crippen molar-refractivity contribution < 1.29 is 4.79 Å². The van der Waals surface area contributed by atoms with Crippen molar-refractivity contribution in [2.24, 2.45) is 0 Å². The Morgan fingerprint density at radius 3 is 2.65 bits per heavy atom. The fraction of sp³-hybridized carbons (Fsp3) is 0.350. The van der Waals surface area contributed by atoms with Gasteiger partial charge in [-0.05, 0) is 30.5 Å². The van der Waals surface area contributed by atoms with Gasteiger partial charge < -0.3 is 9.80 Å². The van der Waals surface area contributed by atoms with Crippen LogP contribution in [0.25, 0.3) is 0 Å². The summed E-state index contributed by atoms with van der Waals surface area (Å²) >= 11 is 0. The molecule has 2 heterocycles. The minimum atomic E-state index is -0.0136. The second kappa shape index (κ2) is 5.73. The van der Waals surface area contributed by atoms with Crippen LogP contribution in [0, 0.1) is 6.92 Å². The Morgan fingerprint density at radius 2 is 1.83 bits per heavy atom. The maximum absolute atomic E-state index is 13.1. The van der Waals surface area contributed by atoms with Gasteiger partial charge in [-0.1, -0.05) is 48.0 Å². The molecule has 1 saturated heterocycles. The zero-order valence-electron chi connectivity index (χ0n) is 13.5. The normalized spacial score (nSPS) is 20.2. The molecule has 2 aliphatic heterocycles. The van der Waals surface area contributed by atoms with Crippen LogP contribution in [0.1, 0.15) is 23.1 Å². The highest BCUT2D eigenvalue weighted by molar-refractivity contribution is 5.88. The number of nitrogens with zero attached hydrogens (tertiary/aromatic N) is 2. The van der Waals surface area contributed by atoms with Crippen LogP contribution < -0.4 is 4.90 Å². The fourth-order valence-electron chi connectivity index (χ4n) is 3.77. The van der Waals surface area contributed by atoms with E-state index in [2.05, 4.69) is 60.4 Å². The first-order valence-corrected chi connectivity index (χ1v) is 8.41. The summed E-state index contributed by atoms with van der Waals surface area (Å²) in [5.74, 6) is 0.277. The molecule has 3 heteroatoms. The van der Waals surface area contributed by atoms with Crippen molar-refractivity contribution in [1.29, 1.82) is 0 Å². The summed E-state index contributed by atoms with van der Waals surface area (Å²) in [6.07, 6.45) is 1.88. The van der Waals surface area contributed by atoms with E-state index in [-0.39, 0.29) is 11.9 Å². The molecule has 0 aromatic heterocycles. The van der Waals surface area contributed by atoms with Gasteiger partial charge in [-0.15, -0.1) is 0 Å². The summed E-state index contributed by atoms with van der Waals surface area (Å²) in [6.45, 7) is 4.63. The summed E-state index contributed by atoms with van der Waals surface area (Å²) < 4.78 is 0. The molecule has 2 aromatic carbocycles. The third-order valence-corrected chi connectivity index (χ3v) is 5.01. The predicted molar refractivity (Wildman–Crippen MR) is 92.5 cm³/mol. The van der Waals surface area contributed by atoms with Crippen molar-refractivity contribution in [2.75, 3.05) is 18.0 Å². The van der Waals surface area contributed by atoms with Gasteiger partial charge in [0.15, 0.2) is 0 Å². The Labute approximate surface area is 137 Å². The summed E-state index contributed by atoms with van der Waals surface area (Å²) in [5, 5.41) is 0. The minimum Gasteiger partial charge on any atom is -0.359 e. The van der Waals surface area contributed by atoms with Crippen molar-refractivity contribution in [1.82, 2.24) is 4.90 Å². The molecule has 1 unspecified atom stereocenters. The molecule has 3 nitrogen and oxygen atoms in total. The number of aryl methyl sites for hydroxylation is 1. The molecule has 0 aliphatic carbocycles. The maximum atomic E-state index is 13.1. The zero-order valence-corrected chi connectivity index (χ0v) is 13.5. The smallest absolute Gasteiger partial charge is 0.245 e. The van der Waals surface area contributed by atoms with E-state index in [1.807, 2.05) is 4.90 Å². The van der Waals surface area contributed by atoms with E-state index in [1.54, 1.807) is 0 Å². The maximum Gasteiger partial charge on any atom is 0.245 e. The number of carbonyl (C=O) groups excluding carboxylic acids is 1. The van der Waals surface area contributed by atoms with Crippen molar-refractivity contribution in [2.45, 2.75) is 32.4 Å². The minimum absolute atomic E-state index is 0.0136. The highest BCUT2D eigenvalue weighted by Gasteiger charge is 2.38. The number of hydrogen-bond donors (Lipinski definition) is 0. The number of rotatable bonds is 2. The lowest BCUT2D eigenvalue weighted by atomic mass is 10.1. The quantitative estimate of drug-likeness (QED) is 0.851. The molecule has 23 heavy (non-hydrogen) atoms. The van der Waals surface area contributed by atoms with Crippen LogP contribution in [0.3, 0.4) is 0 Å². The number of amides is 1. The van der Waals surface area contributed by atoms with Gasteiger partial charge in [0.25, 0.3) is 0 Å². The van der Waals surface area contributed by atoms with Crippen molar-refractivity contribution >= 4 is 11.6 Å². The number of benzene rings is 2. The Balaban J connectivity index is 1.56. The summed E-state index contributed by atoms with van der Waals surface area (Å²) in [5.41, 5.74) is 5.03. The van der Waals surface area contributed by atoms with Gasteiger partial charge in [-0.2, -0.15) is 0 Å². The van der Waals surface area contributed by atoms with Crippen LogP contribution in [0.5, 0.6) is 0 Å². The topological polar surface area (TPSA) is 23.6 Å². The van der Waals surface area contributed by atoms with Gasteiger partial charge in [0, 0.05) is 31.7 Å². The van der Waals surface area contributed by atoms with Crippen LogP contribution in [-0.4, -0.2) is 29.9 Å². The van der Waals surface area contributed by atoms with E-state index in [1.165, 1.54) is 22.4 Å². The predicted octanol–water partition coefficient (Wildman–Crippen LogP) is 3.16. The van der Waals surface area contributed by atoms with E-state index >= 15 is 0 Å². The SMILES string of the molecule is Cc1ccc(CN2CCCN3c4ccccc4CC3C2=O)cc1. The monoisotopic (exact) mass is 306 g/mol. The first kappa shape index (κ1) is 14.3. The van der Waals surface area contributed by atoms with Gasteiger partial charge in [0.05, 0.1) is 0 Å². The van der Waals surface area contributed by atoms with Crippen LogP contribution in [0.2, 0.25) is 0 Å². The van der Waals surface area contributed by atoms with E-state index in [9.17, 15) is 4.79 Å². The highest BCUT2D eigenvalue weighted by Crippen LogP contribution is 2.34. The molecule has 2 aliphatic rings. The van der Waals surface area contributed by atoms with Gasteiger partial charge >= 0.3 is 0 Å². The lowest BCUT2D eigenvalue weighted by molar-refractivity contribution is -0.132. The summed E-state index contributed by atoms with van der Waals surface area (Å²) in [4.78, 5) is 17.4. The average Bonchev–Trinajstić information content (AvgIpc) is 2.87. The molecule has 1 atom stereocenters. The molecule has 118 valence electrons. The number of fused-ring (bicyclic) bond motifs is 3. The van der Waals surface area contributed by atoms with Crippen LogP contribution >= 0.6 is 0 Å². The van der Waals surface area contributed by atoms with Gasteiger partial charge in [-0.3, -0.25) is 4.79 Å². The van der Waals surface area contributed by atoms with Gasteiger partial charge in [-0.25, -0.2) is 0 Å². The van der Waals surface area contributed by atoms with Crippen LogP contribution in [0.4, 0.5) is 5.69 Å². The molecule has 2 aromatic rings. The molecular weight excluding hydrogens is 284 g/mol. The molecule has 0 radical (unpaired) electrons. The second-order valence-corrected chi connectivity index (χ2v) is 6.64. The van der Waals surface area contributed by atoms with Crippen LogP contribution in [0.15, 0.2) is 48.5 Å². The third kappa shape index (κ3) is 2.61. The number of para-hydroxylation sites is 1. The van der Waals surface area contributed by atoms with Crippen molar-refractivity contribution in [3.63, 3.8) is 0 Å². The molecule has 0 N–H and O–H groups in total. The zero-order chi connectivity index (χ0) is 15.8. The van der Waals surface area contributed by atoms with Gasteiger partial charge in [0.2, 0.25) is 5.91 Å². The standard InChI is InChI=1S/C20H22N2O/c1-15-7-9-16(10-8-15)14-21-11-4-12-22-18-6-3-2-5-17(18)13-19(22)20(21)23/h2-3,5-10,19H,4,11-14H2,1H3. The Bertz CT molecular complexity index is 723. The van der Waals surface area contributed by atoms with Gasteiger partial charge in [0.1, 0.15) is 6.04 Å². The molecule has 0 spiro atoms. The van der Waals surface area contributed by atoms with E-state index < -0.39 is 0 Å². The van der Waals surface area contributed by atoms with Crippen molar-refractivity contribution in [3.8, 4) is 0 Å². The molecule has 0 bridgehead atoms. The van der Waals surface area contributed by atoms with E-state index in [0.29, 0.717) is 0 Å². The lowest BCUT2D eigenvalue weighted by Crippen LogP contribution is -2.44. The Kier molecular flexibility index (Phi) is 3.56. The van der Waals surface area contributed by atoms with Crippen molar-refractivity contribution in [3.05, 3.63) is 65.2 Å². The largest absolute Gasteiger partial charge is 0.359 e. The summed E-state index contributed by atoms with van der Waals surface area (Å²) in [6, 6.07) is 16.9. The van der Waals surface area contributed by atoms with Crippen LogP contribution in [-0.2, 0) is 17.8 Å². The molecule has 4 rings (SSSR count). The third-order valence-electron chi connectivity index (χ3n) is 5.01. The summed E-state index contributed by atoms with van der Waals surface area (Å²) in [7, 11) is 0. The average molecular weight is 306 g/mol. The number of anilines is 1. The molecule has 1 amide bonds. The Morgan fingerprint density at radius 1 is 1.04 bits per heavy atom. The Hall–Kier alpha value is -2.29. The lowest BCUT2D eigenvalue weighted by Gasteiger charge is -2.26. The first-order chi connectivity index (χ1) is 11.2. The molecular formula is C20H22N2O. The number of hydrogen-bond acceptors (Lipinski definition) is 2. The van der Waals surface area contributed by atoms with E-state index in [0.717, 1.165) is 32.5 Å². The second-order valence-electron chi connectivity index (χ2n) is 6.64. The highest BCUT2D eigenvalue weighted by atomic mass is 16.2. The first-order valence-electron chi connectivity index (χ1n) is 8.41. The molecule has 0 saturated carbocycles. The van der Waals surface area contributed by atoms with E-state index in [4.69, 9.17) is 0 Å².